The molecule has 0 unspecified atom stereocenters. The number of nitriles is 1. The third kappa shape index (κ3) is 2.08. The number of hydrogen-bond donors (Lipinski definition) is 0. The number of Topliss-reactive ketones (excluding diaryl/α,β-unsaturated/α-hetero) is 1. The summed E-state index contributed by atoms with van der Waals surface area (Å²) in [5.41, 5.74) is 0.394. The smallest absolute Gasteiger partial charge is 0.264 e. The van der Waals surface area contributed by atoms with Crippen LogP contribution in [0.4, 0.5) is 8.78 Å². The van der Waals surface area contributed by atoms with E-state index in [0.717, 1.165) is 0 Å². The van der Waals surface area contributed by atoms with Gasteiger partial charge in [0.2, 0.25) is 0 Å². The van der Waals surface area contributed by atoms with Gasteiger partial charge in [-0.3, -0.25) is 4.79 Å². The summed E-state index contributed by atoms with van der Waals surface area (Å²) < 4.78 is 25.3. The van der Waals surface area contributed by atoms with Gasteiger partial charge >= 0.3 is 0 Å². The first-order chi connectivity index (χ1) is 7.52. The van der Waals surface area contributed by atoms with Crippen molar-refractivity contribution in [2.75, 3.05) is 0 Å². The summed E-state index contributed by atoms with van der Waals surface area (Å²) in [5.74, 6) is -0.285. The van der Waals surface area contributed by atoms with Gasteiger partial charge in [-0.05, 0) is 25.0 Å². The molecular formula is C12H11F2NO. The van der Waals surface area contributed by atoms with Crippen molar-refractivity contribution in [2.45, 2.75) is 26.7 Å². The monoisotopic (exact) mass is 223 g/mol. The van der Waals surface area contributed by atoms with Crippen LogP contribution in [0.5, 0.6) is 0 Å². The lowest BCUT2D eigenvalue weighted by Crippen LogP contribution is -2.04. The van der Waals surface area contributed by atoms with E-state index in [1.165, 1.54) is 19.1 Å². The van der Waals surface area contributed by atoms with E-state index in [1.807, 2.05) is 6.07 Å². The van der Waals surface area contributed by atoms with Crippen molar-refractivity contribution in [1.29, 1.82) is 5.26 Å². The lowest BCUT2D eigenvalue weighted by atomic mass is 9.93. The topological polar surface area (TPSA) is 40.9 Å². The van der Waals surface area contributed by atoms with E-state index >= 15 is 0 Å². The summed E-state index contributed by atoms with van der Waals surface area (Å²) in [6.45, 7) is 3.00. The first-order valence-corrected chi connectivity index (χ1v) is 4.87. The first-order valence-electron chi connectivity index (χ1n) is 4.87. The van der Waals surface area contributed by atoms with Crippen LogP contribution in [-0.2, 0) is 6.42 Å². The number of rotatable bonds is 3. The first kappa shape index (κ1) is 12.3. The molecule has 16 heavy (non-hydrogen) atoms. The van der Waals surface area contributed by atoms with E-state index in [9.17, 15) is 13.6 Å². The maximum Gasteiger partial charge on any atom is 0.264 e. The number of carbonyl (C=O) groups excluding carboxylic acids is 1. The molecule has 0 radical (unpaired) electrons. The van der Waals surface area contributed by atoms with Crippen LogP contribution >= 0.6 is 0 Å². The Morgan fingerprint density at radius 1 is 1.50 bits per heavy atom. The van der Waals surface area contributed by atoms with Gasteiger partial charge < -0.3 is 0 Å². The van der Waals surface area contributed by atoms with Gasteiger partial charge in [0.25, 0.3) is 6.43 Å². The summed E-state index contributed by atoms with van der Waals surface area (Å²) in [5, 5.41) is 8.94. The van der Waals surface area contributed by atoms with Crippen molar-refractivity contribution in [3.63, 3.8) is 0 Å². The molecule has 0 saturated heterocycles. The average molecular weight is 223 g/mol. The minimum absolute atomic E-state index is 0.0767. The SMILES string of the molecule is CCc1c(C(F)F)ccc(C(C)=O)c1C#N. The van der Waals surface area contributed by atoms with Crippen LogP contribution in [0.1, 0.15) is 47.3 Å². The normalized spacial score (nSPS) is 10.2. The fourth-order valence-electron chi connectivity index (χ4n) is 1.67. The summed E-state index contributed by atoms with van der Waals surface area (Å²) >= 11 is 0. The molecule has 0 spiro atoms. The van der Waals surface area contributed by atoms with Crippen LogP contribution in [0.2, 0.25) is 0 Å². The Bertz CT molecular complexity index is 461. The van der Waals surface area contributed by atoms with E-state index in [4.69, 9.17) is 5.26 Å². The molecular weight excluding hydrogens is 212 g/mol. The number of halogens is 2. The van der Waals surface area contributed by atoms with Gasteiger partial charge in [0, 0.05) is 11.1 Å². The van der Waals surface area contributed by atoms with Crippen LogP contribution in [0.15, 0.2) is 12.1 Å². The van der Waals surface area contributed by atoms with Crippen LogP contribution in [-0.4, -0.2) is 5.78 Å². The fraction of sp³-hybridized carbons (Fsp3) is 0.333. The second-order valence-electron chi connectivity index (χ2n) is 3.38. The second kappa shape index (κ2) is 4.84. The Hall–Kier alpha value is -1.76. The summed E-state index contributed by atoms with van der Waals surface area (Å²) in [7, 11) is 0. The molecule has 1 aromatic carbocycles. The van der Waals surface area contributed by atoms with Gasteiger partial charge in [0.1, 0.15) is 6.07 Å². The van der Waals surface area contributed by atoms with Crippen molar-refractivity contribution in [3.05, 3.63) is 34.4 Å². The Morgan fingerprint density at radius 2 is 2.12 bits per heavy atom. The Kier molecular flexibility index (Phi) is 3.73. The Balaban J connectivity index is 3.54. The molecule has 0 N–H and O–H groups in total. The maximum atomic E-state index is 12.7. The number of hydrogen-bond acceptors (Lipinski definition) is 2. The predicted molar refractivity (Wildman–Crippen MR) is 55.5 cm³/mol. The molecule has 0 atom stereocenters. The molecule has 2 nitrogen and oxygen atoms in total. The van der Waals surface area contributed by atoms with Gasteiger partial charge in [-0.1, -0.05) is 13.0 Å². The van der Waals surface area contributed by atoms with Crippen molar-refractivity contribution in [1.82, 2.24) is 0 Å². The van der Waals surface area contributed by atoms with Crippen LogP contribution < -0.4 is 0 Å². The highest BCUT2D eigenvalue weighted by Crippen LogP contribution is 2.28. The van der Waals surface area contributed by atoms with Crippen LogP contribution in [0.3, 0.4) is 0 Å². The molecule has 0 saturated carbocycles. The molecule has 84 valence electrons. The zero-order valence-electron chi connectivity index (χ0n) is 9.05. The highest BCUT2D eigenvalue weighted by Gasteiger charge is 2.19. The number of benzene rings is 1. The Labute approximate surface area is 92.5 Å². The van der Waals surface area contributed by atoms with Gasteiger partial charge in [-0.25, -0.2) is 8.78 Å². The number of ketones is 1. The van der Waals surface area contributed by atoms with Crippen molar-refractivity contribution in [2.24, 2.45) is 0 Å². The predicted octanol–water partition coefficient (Wildman–Crippen LogP) is 3.26. The zero-order chi connectivity index (χ0) is 12.3. The maximum absolute atomic E-state index is 12.7. The van der Waals surface area contributed by atoms with Crippen molar-refractivity contribution >= 4 is 5.78 Å². The third-order valence-electron chi connectivity index (χ3n) is 2.43. The fourth-order valence-corrected chi connectivity index (χ4v) is 1.67. The molecule has 0 fully saturated rings. The molecule has 0 aliphatic heterocycles. The lowest BCUT2D eigenvalue weighted by molar-refractivity contribution is 0.101. The number of alkyl halides is 2. The van der Waals surface area contributed by atoms with Gasteiger partial charge in [-0.15, -0.1) is 0 Å². The molecule has 0 aliphatic carbocycles. The van der Waals surface area contributed by atoms with E-state index in [1.54, 1.807) is 6.92 Å². The minimum atomic E-state index is -2.62. The van der Waals surface area contributed by atoms with E-state index < -0.39 is 6.43 Å². The molecule has 0 amide bonds. The molecule has 0 aliphatic rings. The summed E-state index contributed by atoms with van der Waals surface area (Å²) in [6, 6.07) is 4.35. The van der Waals surface area contributed by atoms with Gasteiger partial charge in [0.05, 0.1) is 5.56 Å². The molecule has 1 aromatic rings. The molecule has 4 heteroatoms. The molecule has 0 bridgehead atoms. The highest BCUT2D eigenvalue weighted by molar-refractivity contribution is 5.97. The van der Waals surface area contributed by atoms with Gasteiger partial charge in [0.15, 0.2) is 5.78 Å². The average Bonchev–Trinajstić information content (AvgIpc) is 2.26. The zero-order valence-corrected chi connectivity index (χ0v) is 9.05. The summed E-state index contributed by atoms with van der Waals surface area (Å²) in [6.07, 6.45) is -2.31. The van der Waals surface area contributed by atoms with E-state index in [-0.39, 0.29) is 28.0 Å². The Morgan fingerprint density at radius 3 is 2.50 bits per heavy atom. The van der Waals surface area contributed by atoms with Crippen molar-refractivity contribution in [3.8, 4) is 6.07 Å². The third-order valence-corrected chi connectivity index (χ3v) is 2.43. The minimum Gasteiger partial charge on any atom is -0.294 e. The molecule has 0 aromatic heterocycles. The van der Waals surface area contributed by atoms with Crippen LogP contribution in [0, 0.1) is 11.3 Å². The van der Waals surface area contributed by atoms with Gasteiger partial charge in [-0.2, -0.15) is 5.26 Å². The standard InChI is InChI=1S/C12H11F2NO/c1-3-8-10(12(13)14)5-4-9(7(2)16)11(8)6-15/h4-5,12H,3H2,1-2H3. The number of nitrogens with zero attached hydrogens (tertiary/aromatic N) is 1. The quantitative estimate of drug-likeness (QED) is 0.738. The second-order valence-corrected chi connectivity index (χ2v) is 3.38. The molecule has 0 heterocycles. The number of carbonyl (C=O) groups is 1. The van der Waals surface area contributed by atoms with E-state index in [0.29, 0.717) is 6.42 Å². The highest BCUT2D eigenvalue weighted by atomic mass is 19.3. The van der Waals surface area contributed by atoms with Crippen LogP contribution in [0.25, 0.3) is 0 Å². The van der Waals surface area contributed by atoms with E-state index in [2.05, 4.69) is 0 Å². The molecule has 1 rings (SSSR count). The largest absolute Gasteiger partial charge is 0.294 e. The lowest BCUT2D eigenvalue weighted by Gasteiger charge is -2.11. The summed E-state index contributed by atoms with van der Waals surface area (Å²) in [4.78, 5) is 11.2. The van der Waals surface area contributed by atoms with Crippen molar-refractivity contribution < 1.29 is 13.6 Å².